The van der Waals surface area contributed by atoms with Gasteiger partial charge in [-0.2, -0.15) is 0 Å². The maximum atomic E-state index is 12.5. The molecule has 2 atom stereocenters. The Kier molecular flexibility index (Phi) is 6.26. The third-order valence-electron chi connectivity index (χ3n) is 5.23. The Hall–Kier alpha value is -2.37. The number of piperazine rings is 1. The van der Waals surface area contributed by atoms with Crippen molar-refractivity contribution in [2.75, 3.05) is 38.5 Å². The second-order valence-corrected chi connectivity index (χ2v) is 7.26. The van der Waals surface area contributed by atoms with Crippen LogP contribution in [0.3, 0.4) is 0 Å². The maximum absolute atomic E-state index is 12.5. The first-order chi connectivity index (χ1) is 12.6. The second-order valence-electron chi connectivity index (χ2n) is 7.26. The van der Waals surface area contributed by atoms with Crippen molar-refractivity contribution >= 4 is 11.7 Å². The van der Waals surface area contributed by atoms with Crippen LogP contribution < -0.4 is 20.4 Å². The van der Waals surface area contributed by atoms with Crippen LogP contribution in [0.5, 0.6) is 0 Å². The molecule has 0 bridgehead atoms. The number of carbonyl (C=O) groups excluding carboxylic acids is 1. The van der Waals surface area contributed by atoms with E-state index in [0.29, 0.717) is 0 Å². The van der Waals surface area contributed by atoms with Crippen molar-refractivity contribution in [1.82, 2.24) is 5.32 Å². The summed E-state index contributed by atoms with van der Waals surface area (Å²) in [5, 5.41) is 6.08. The Labute approximate surface area is 156 Å². The fourth-order valence-corrected chi connectivity index (χ4v) is 3.83. The zero-order valence-electron chi connectivity index (χ0n) is 15.7. The van der Waals surface area contributed by atoms with E-state index in [1.165, 1.54) is 18.7 Å². The number of carbonyl (C=O) groups is 1. The molecule has 0 radical (unpaired) electrons. The lowest BCUT2D eigenvalue weighted by Crippen LogP contribution is -3.27. The van der Waals surface area contributed by atoms with Gasteiger partial charge in [-0.1, -0.05) is 48.5 Å². The monoisotopic (exact) mass is 354 g/mol. The molecule has 2 aromatic carbocycles. The largest absolute Gasteiger partial charge is 0.329 e. The molecule has 3 rings (SSSR count). The first kappa shape index (κ1) is 18.4. The number of likely N-dealkylation sites (N-methyl/N-ethyl adjacent to an activating group) is 1. The van der Waals surface area contributed by atoms with Gasteiger partial charge in [0.15, 0.2) is 0 Å². The van der Waals surface area contributed by atoms with Gasteiger partial charge in [0.05, 0.1) is 13.1 Å². The van der Waals surface area contributed by atoms with E-state index in [1.807, 2.05) is 36.4 Å². The molecule has 1 heterocycles. The lowest BCUT2D eigenvalue weighted by molar-refractivity contribution is -1.02. The molecule has 5 heteroatoms. The number of anilines is 1. The number of amides is 2. The minimum absolute atomic E-state index is 0.0366. The SMILES string of the molecule is C[C@@H](NC(=O)Nc1ccccc1)[C@@H](c1ccccc1)[NH+]1CC[NH+](C)CC1. The van der Waals surface area contributed by atoms with Gasteiger partial charge in [-0.3, -0.25) is 0 Å². The summed E-state index contributed by atoms with van der Waals surface area (Å²) >= 11 is 0. The Balaban J connectivity index is 1.70. The highest BCUT2D eigenvalue weighted by molar-refractivity contribution is 5.89. The summed E-state index contributed by atoms with van der Waals surface area (Å²) in [4.78, 5) is 15.6. The predicted molar refractivity (Wildman–Crippen MR) is 105 cm³/mol. The molecule has 1 aliphatic rings. The first-order valence-electron chi connectivity index (χ1n) is 9.47. The number of hydrogen-bond acceptors (Lipinski definition) is 1. The molecule has 0 spiro atoms. The summed E-state index contributed by atoms with van der Waals surface area (Å²) in [6.45, 7) is 6.69. The van der Waals surface area contributed by atoms with Gasteiger partial charge in [-0.15, -0.1) is 0 Å². The highest BCUT2D eigenvalue weighted by Gasteiger charge is 2.34. The Morgan fingerprint density at radius 2 is 1.50 bits per heavy atom. The predicted octanol–water partition coefficient (Wildman–Crippen LogP) is 0.351. The Bertz CT molecular complexity index is 684. The van der Waals surface area contributed by atoms with Gasteiger partial charge in [-0.05, 0) is 19.1 Å². The number of rotatable bonds is 5. The topological polar surface area (TPSA) is 50.0 Å². The van der Waals surface area contributed by atoms with Crippen molar-refractivity contribution in [1.29, 1.82) is 0 Å². The first-order valence-corrected chi connectivity index (χ1v) is 9.47. The van der Waals surface area contributed by atoms with Gasteiger partial charge in [-0.25, -0.2) is 4.79 Å². The van der Waals surface area contributed by atoms with Crippen LogP contribution in [-0.2, 0) is 0 Å². The van der Waals surface area contributed by atoms with Crippen molar-refractivity contribution in [3.05, 3.63) is 66.2 Å². The molecular formula is C21H30N4O+2. The minimum Gasteiger partial charge on any atom is -0.329 e. The zero-order chi connectivity index (χ0) is 18.4. The molecule has 26 heavy (non-hydrogen) atoms. The van der Waals surface area contributed by atoms with Gasteiger partial charge in [0.25, 0.3) is 0 Å². The van der Waals surface area contributed by atoms with Gasteiger partial charge in [0.1, 0.15) is 32.2 Å². The van der Waals surface area contributed by atoms with E-state index in [0.717, 1.165) is 18.8 Å². The average molecular weight is 354 g/mol. The molecule has 0 aliphatic carbocycles. The Morgan fingerprint density at radius 3 is 2.12 bits per heavy atom. The van der Waals surface area contributed by atoms with Crippen LogP contribution in [0.15, 0.2) is 60.7 Å². The molecule has 1 saturated heterocycles. The fraction of sp³-hybridized carbons (Fsp3) is 0.381. The molecule has 1 aliphatic heterocycles. The molecule has 0 aromatic heterocycles. The second kappa shape index (κ2) is 8.83. The number of benzene rings is 2. The van der Waals surface area contributed by atoms with Gasteiger partial charge < -0.3 is 20.4 Å². The lowest BCUT2D eigenvalue weighted by Gasteiger charge is -2.36. The summed E-state index contributed by atoms with van der Waals surface area (Å²) in [7, 11) is 2.25. The van der Waals surface area contributed by atoms with Crippen LogP contribution in [-0.4, -0.2) is 45.3 Å². The van der Waals surface area contributed by atoms with Crippen molar-refractivity contribution in [2.45, 2.75) is 19.0 Å². The smallest absolute Gasteiger partial charge is 0.319 e. The molecule has 138 valence electrons. The van der Waals surface area contributed by atoms with E-state index in [9.17, 15) is 4.79 Å². The normalized spacial score (nSPS) is 22.2. The molecule has 2 amide bonds. The van der Waals surface area contributed by atoms with Crippen LogP contribution in [0.4, 0.5) is 10.5 Å². The molecular weight excluding hydrogens is 324 g/mol. The van der Waals surface area contributed by atoms with E-state index in [1.54, 1.807) is 9.80 Å². The van der Waals surface area contributed by atoms with Crippen molar-refractivity contribution in [3.8, 4) is 0 Å². The number of hydrogen-bond donors (Lipinski definition) is 4. The van der Waals surface area contributed by atoms with E-state index in [-0.39, 0.29) is 18.1 Å². The number of quaternary nitrogens is 2. The van der Waals surface area contributed by atoms with Gasteiger partial charge in [0.2, 0.25) is 0 Å². The third kappa shape index (κ3) is 4.84. The average Bonchev–Trinajstić information content (AvgIpc) is 2.65. The highest BCUT2D eigenvalue weighted by atomic mass is 16.2. The maximum Gasteiger partial charge on any atom is 0.319 e. The van der Waals surface area contributed by atoms with E-state index in [2.05, 4.69) is 48.9 Å². The quantitative estimate of drug-likeness (QED) is 0.615. The number of urea groups is 1. The van der Waals surface area contributed by atoms with Crippen LogP contribution in [0.1, 0.15) is 18.5 Å². The van der Waals surface area contributed by atoms with Crippen molar-refractivity contribution in [3.63, 3.8) is 0 Å². The van der Waals surface area contributed by atoms with Crippen LogP contribution in [0.25, 0.3) is 0 Å². The van der Waals surface area contributed by atoms with Crippen molar-refractivity contribution in [2.24, 2.45) is 0 Å². The van der Waals surface area contributed by atoms with Crippen LogP contribution in [0.2, 0.25) is 0 Å². The summed E-state index contributed by atoms with van der Waals surface area (Å²) in [5.74, 6) is 0. The number of para-hydroxylation sites is 1. The van der Waals surface area contributed by atoms with E-state index < -0.39 is 0 Å². The molecule has 4 N–H and O–H groups in total. The minimum atomic E-state index is -0.149. The summed E-state index contributed by atoms with van der Waals surface area (Å²) < 4.78 is 0. The summed E-state index contributed by atoms with van der Waals surface area (Å²) in [6.07, 6.45) is 0. The standard InChI is InChI=1S/C21H28N4O/c1-17(22-21(26)23-19-11-7-4-8-12-19)20(18-9-5-3-6-10-18)25-15-13-24(2)14-16-25/h3-12,17,20H,13-16H2,1-2H3,(H2,22,23,26)/p+2/t17-,20+/m1/s1. The molecule has 0 saturated carbocycles. The molecule has 5 nitrogen and oxygen atoms in total. The zero-order valence-corrected chi connectivity index (χ0v) is 15.7. The van der Waals surface area contributed by atoms with E-state index >= 15 is 0 Å². The van der Waals surface area contributed by atoms with Crippen molar-refractivity contribution < 1.29 is 14.6 Å². The van der Waals surface area contributed by atoms with Gasteiger partial charge >= 0.3 is 6.03 Å². The summed E-state index contributed by atoms with van der Waals surface area (Å²) in [5.41, 5.74) is 2.10. The fourth-order valence-electron chi connectivity index (χ4n) is 3.83. The number of nitrogens with one attached hydrogen (secondary N) is 4. The van der Waals surface area contributed by atoms with Crippen LogP contribution in [0, 0.1) is 0 Å². The van der Waals surface area contributed by atoms with Gasteiger partial charge in [0, 0.05) is 11.3 Å². The highest BCUT2D eigenvalue weighted by Crippen LogP contribution is 2.14. The Morgan fingerprint density at radius 1 is 0.923 bits per heavy atom. The molecule has 0 unspecified atom stereocenters. The van der Waals surface area contributed by atoms with Crippen LogP contribution >= 0.6 is 0 Å². The summed E-state index contributed by atoms with van der Waals surface area (Å²) in [6, 6.07) is 20.3. The molecule has 2 aromatic rings. The van der Waals surface area contributed by atoms with E-state index in [4.69, 9.17) is 0 Å². The third-order valence-corrected chi connectivity index (χ3v) is 5.23. The molecule has 1 fully saturated rings. The lowest BCUT2D eigenvalue weighted by atomic mass is 9.98.